The first-order valence-corrected chi connectivity index (χ1v) is 6.59. The molecular formula is C15H21N3. The molecule has 0 bridgehead atoms. The first kappa shape index (κ1) is 13.0. The fraction of sp³-hybridized carbons (Fsp3) is 0.467. The van der Waals surface area contributed by atoms with Crippen LogP contribution < -0.4 is 5.32 Å². The van der Waals surface area contributed by atoms with Crippen LogP contribution >= 0.6 is 0 Å². The lowest BCUT2D eigenvalue weighted by Crippen LogP contribution is -2.18. The first-order chi connectivity index (χ1) is 8.70. The van der Waals surface area contributed by atoms with Gasteiger partial charge in [-0.15, -0.1) is 0 Å². The molecule has 2 aromatic rings. The molecule has 0 radical (unpaired) electrons. The maximum Gasteiger partial charge on any atom is 0.0890 e. The van der Waals surface area contributed by atoms with Crippen LogP contribution in [0.2, 0.25) is 0 Å². The Kier molecular flexibility index (Phi) is 4.26. The van der Waals surface area contributed by atoms with Gasteiger partial charge in [0.1, 0.15) is 0 Å². The molecule has 0 aliphatic heterocycles. The maximum atomic E-state index is 4.70. The molecule has 1 N–H and O–H groups in total. The molecule has 0 saturated heterocycles. The SMILES string of the molecule is CNC(CCC(C)C)c1cnc2ccccc2n1. The van der Waals surface area contributed by atoms with Crippen LogP contribution in [0.1, 0.15) is 38.4 Å². The van der Waals surface area contributed by atoms with E-state index in [0.717, 1.165) is 23.1 Å². The van der Waals surface area contributed by atoms with E-state index in [1.807, 2.05) is 37.5 Å². The highest BCUT2D eigenvalue weighted by Crippen LogP contribution is 2.20. The fourth-order valence-corrected chi connectivity index (χ4v) is 2.08. The molecule has 0 saturated carbocycles. The van der Waals surface area contributed by atoms with Gasteiger partial charge in [-0.2, -0.15) is 0 Å². The van der Waals surface area contributed by atoms with Crippen molar-refractivity contribution in [2.45, 2.75) is 32.7 Å². The van der Waals surface area contributed by atoms with Crippen molar-refractivity contribution in [2.75, 3.05) is 7.05 Å². The molecule has 2 rings (SSSR count). The Bertz CT molecular complexity index is 508. The van der Waals surface area contributed by atoms with E-state index >= 15 is 0 Å². The lowest BCUT2D eigenvalue weighted by Gasteiger charge is -2.16. The van der Waals surface area contributed by atoms with Gasteiger partial charge < -0.3 is 5.32 Å². The van der Waals surface area contributed by atoms with E-state index in [1.54, 1.807) is 0 Å². The number of fused-ring (bicyclic) bond motifs is 1. The zero-order valence-corrected chi connectivity index (χ0v) is 11.4. The monoisotopic (exact) mass is 243 g/mol. The van der Waals surface area contributed by atoms with Crippen LogP contribution in [-0.4, -0.2) is 17.0 Å². The standard InChI is InChI=1S/C15H21N3/c1-11(2)8-9-12(16-3)15-10-17-13-6-4-5-7-14(13)18-15/h4-7,10-12,16H,8-9H2,1-3H3. The van der Waals surface area contributed by atoms with Gasteiger partial charge in [-0.3, -0.25) is 4.98 Å². The van der Waals surface area contributed by atoms with E-state index in [2.05, 4.69) is 24.1 Å². The van der Waals surface area contributed by atoms with Gasteiger partial charge in [-0.05, 0) is 37.9 Å². The van der Waals surface area contributed by atoms with E-state index < -0.39 is 0 Å². The van der Waals surface area contributed by atoms with Crippen LogP contribution in [0.15, 0.2) is 30.5 Å². The molecule has 1 atom stereocenters. The third-order valence-corrected chi connectivity index (χ3v) is 3.21. The van der Waals surface area contributed by atoms with Gasteiger partial charge >= 0.3 is 0 Å². The highest BCUT2D eigenvalue weighted by atomic mass is 14.9. The number of benzene rings is 1. The Morgan fingerprint density at radius 1 is 1.11 bits per heavy atom. The minimum Gasteiger partial charge on any atom is -0.312 e. The number of hydrogen-bond donors (Lipinski definition) is 1. The molecule has 3 nitrogen and oxygen atoms in total. The summed E-state index contributed by atoms with van der Waals surface area (Å²) in [5, 5.41) is 3.34. The van der Waals surface area contributed by atoms with E-state index in [-0.39, 0.29) is 0 Å². The lowest BCUT2D eigenvalue weighted by molar-refractivity contribution is 0.458. The maximum absolute atomic E-state index is 4.70. The predicted molar refractivity (Wildman–Crippen MR) is 75.4 cm³/mol. The Morgan fingerprint density at radius 3 is 2.50 bits per heavy atom. The van der Waals surface area contributed by atoms with Gasteiger partial charge in [-0.25, -0.2) is 4.98 Å². The molecule has 0 aliphatic rings. The van der Waals surface area contributed by atoms with Crippen molar-refractivity contribution in [3.63, 3.8) is 0 Å². The number of aromatic nitrogens is 2. The average molecular weight is 243 g/mol. The average Bonchev–Trinajstić information content (AvgIpc) is 2.39. The number of nitrogens with zero attached hydrogens (tertiary/aromatic N) is 2. The Balaban J connectivity index is 2.22. The van der Waals surface area contributed by atoms with E-state index in [1.165, 1.54) is 6.42 Å². The van der Waals surface area contributed by atoms with Gasteiger partial charge in [0.25, 0.3) is 0 Å². The normalized spacial score (nSPS) is 13.1. The quantitative estimate of drug-likeness (QED) is 0.875. The highest BCUT2D eigenvalue weighted by Gasteiger charge is 2.12. The molecule has 1 unspecified atom stereocenters. The molecule has 1 aromatic carbocycles. The van der Waals surface area contributed by atoms with Gasteiger partial charge in [0.2, 0.25) is 0 Å². The topological polar surface area (TPSA) is 37.8 Å². The summed E-state index contributed by atoms with van der Waals surface area (Å²) in [6.07, 6.45) is 4.19. The highest BCUT2D eigenvalue weighted by molar-refractivity contribution is 5.73. The molecular weight excluding hydrogens is 222 g/mol. The van der Waals surface area contributed by atoms with Crippen molar-refractivity contribution in [2.24, 2.45) is 5.92 Å². The summed E-state index contributed by atoms with van der Waals surface area (Å²) in [4.78, 5) is 9.17. The van der Waals surface area contributed by atoms with Gasteiger partial charge in [0.05, 0.1) is 29.0 Å². The van der Waals surface area contributed by atoms with Crippen molar-refractivity contribution < 1.29 is 0 Å². The zero-order valence-electron chi connectivity index (χ0n) is 11.4. The Morgan fingerprint density at radius 2 is 1.83 bits per heavy atom. The molecule has 0 amide bonds. The molecule has 3 heteroatoms. The Hall–Kier alpha value is -1.48. The third kappa shape index (κ3) is 3.05. The molecule has 96 valence electrons. The Labute approximate surface area is 109 Å². The summed E-state index contributed by atoms with van der Waals surface area (Å²) < 4.78 is 0. The van der Waals surface area contributed by atoms with Gasteiger partial charge in [0.15, 0.2) is 0 Å². The van der Waals surface area contributed by atoms with Gasteiger partial charge in [-0.1, -0.05) is 26.0 Å². The van der Waals surface area contributed by atoms with Crippen molar-refractivity contribution in [3.8, 4) is 0 Å². The molecule has 0 fully saturated rings. The third-order valence-electron chi connectivity index (χ3n) is 3.21. The molecule has 1 aromatic heterocycles. The lowest BCUT2D eigenvalue weighted by atomic mass is 10.0. The fourth-order valence-electron chi connectivity index (χ4n) is 2.08. The smallest absolute Gasteiger partial charge is 0.0890 e. The number of rotatable bonds is 5. The van der Waals surface area contributed by atoms with E-state index in [4.69, 9.17) is 4.98 Å². The van der Waals surface area contributed by atoms with Crippen molar-refractivity contribution in [1.29, 1.82) is 0 Å². The number of para-hydroxylation sites is 2. The molecule has 1 heterocycles. The second-order valence-corrected chi connectivity index (χ2v) is 5.10. The van der Waals surface area contributed by atoms with E-state index in [0.29, 0.717) is 12.0 Å². The van der Waals surface area contributed by atoms with Gasteiger partial charge in [0, 0.05) is 0 Å². The predicted octanol–water partition coefficient (Wildman–Crippen LogP) is 3.33. The second-order valence-electron chi connectivity index (χ2n) is 5.10. The summed E-state index contributed by atoms with van der Waals surface area (Å²) in [6, 6.07) is 8.30. The van der Waals surface area contributed by atoms with Crippen LogP contribution in [0, 0.1) is 5.92 Å². The zero-order chi connectivity index (χ0) is 13.0. The molecule has 18 heavy (non-hydrogen) atoms. The van der Waals surface area contributed by atoms with Crippen molar-refractivity contribution in [3.05, 3.63) is 36.2 Å². The number of hydrogen-bond acceptors (Lipinski definition) is 3. The minimum atomic E-state index is 0.296. The van der Waals surface area contributed by atoms with Crippen LogP contribution in [-0.2, 0) is 0 Å². The summed E-state index contributed by atoms with van der Waals surface area (Å²) in [5.41, 5.74) is 2.97. The van der Waals surface area contributed by atoms with Crippen LogP contribution in [0.4, 0.5) is 0 Å². The molecule has 0 spiro atoms. The van der Waals surface area contributed by atoms with E-state index in [9.17, 15) is 0 Å². The van der Waals surface area contributed by atoms with Crippen LogP contribution in [0.5, 0.6) is 0 Å². The summed E-state index contributed by atoms with van der Waals surface area (Å²) in [7, 11) is 1.99. The second kappa shape index (κ2) is 5.91. The molecule has 0 aliphatic carbocycles. The first-order valence-electron chi connectivity index (χ1n) is 6.59. The minimum absolute atomic E-state index is 0.296. The largest absolute Gasteiger partial charge is 0.312 e. The van der Waals surface area contributed by atoms with Crippen molar-refractivity contribution >= 4 is 11.0 Å². The van der Waals surface area contributed by atoms with Crippen LogP contribution in [0.3, 0.4) is 0 Å². The summed E-state index contributed by atoms with van der Waals surface area (Å²) >= 11 is 0. The summed E-state index contributed by atoms with van der Waals surface area (Å²) in [5.74, 6) is 0.717. The summed E-state index contributed by atoms with van der Waals surface area (Å²) in [6.45, 7) is 4.50. The van der Waals surface area contributed by atoms with Crippen LogP contribution in [0.25, 0.3) is 11.0 Å². The van der Waals surface area contributed by atoms with Crippen molar-refractivity contribution in [1.82, 2.24) is 15.3 Å². The number of nitrogens with one attached hydrogen (secondary N) is 1.